The van der Waals surface area contributed by atoms with Crippen LogP contribution in [-0.4, -0.2) is 42.2 Å². The van der Waals surface area contributed by atoms with Gasteiger partial charge in [-0.25, -0.2) is 17.9 Å². The van der Waals surface area contributed by atoms with E-state index in [9.17, 15) is 18.0 Å². The normalized spacial score (nSPS) is 13.5. The van der Waals surface area contributed by atoms with E-state index in [1.807, 2.05) is 4.72 Å². The van der Waals surface area contributed by atoms with Crippen molar-refractivity contribution in [2.24, 2.45) is 0 Å². The van der Waals surface area contributed by atoms with Crippen molar-refractivity contribution >= 4 is 27.3 Å². The molecule has 0 amide bonds. The number of aliphatic hydroxyl groups excluding tert-OH is 1. The van der Waals surface area contributed by atoms with E-state index in [2.05, 4.69) is 4.98 Å². The highest BCUT2D eigenvalue weighted by molar-refractivity contribution is 7.91. The summed E-state index contributed by atoms with van der Waals surface area (Å²) >= 11 is 0.491. The molecule has 0 radical (unpaired) electrons. The molecule has 1 heterocycles. The van der Waals surface area contributed by atoms with Crippen LogP contribution < -0.4 is 9.60 Å². The lowest BCUT2D eigenvalue weighted by Crippen LogP contribution is -2.36. The average Bonchev–Trinajstić information content (AvgIpc) is 2.55. The van der Waals surface area contributed by atoms with Gasteiger partial charge < -0.3 is 15.2 Å². The summed E-state index contributed by atoms with van der Waals surface area (Å²) < 4.78 is 24.9. The van der Waals surface area contributed by atoms with Crippen LogP contribution in [0.15, 0.2) is 9.00 Å². The summed E-state index contributed by atoms with van der Waals surface area (Å²) in [7, 11) is -3.98. The second-order valence-corrected chi connectivity index (χ2v) is 6.08. The molecule has 0 spiro atoms. The molecule has 0 aromatic carbocycles. The molecule has 1 aromatic rings. The molecule has 0 aliphatic rings. The Balaban J connectivity index is 2.87. The molecule has 10 heteroatoms. The van der Waals surface area contributed by atoms with Gasteiger partial charge in [0.1, 0.15) is 0 Å². The van der Waals surface area contributed by atoms with Gasteiger partial charge in [-0.1, -0.05) is 11.3 Å². The van der Waals surface area contributed by atoms with Gasteiger partial charge in [-0.15, -0.1) is 0 Å². The standard InChI is InChI=1S/C7H10N2O6S2/c1-3-6(16-7(13)9-3)17(14,15)8-2-4(10)5(11)12/h4,8,10H,2H2,1H3,(H,9,13)(H,11,12)/t4-/m0/s1. The molecule has 0 saturated heterocycles. The van der Waals surface area contributed by atoms with E-state index in [0.717, 1.165) is 0 Å². The maximum atomic E-state index is 11.6. The van der Waals surface area contributed by atoms with Gasteiger partial charge in [0, 0.05) is 12.2 Å². The highest BCUT2D eigenvalue weighted by atomic mass is 32.2. The Morgan fingerprint density at radius 3 is 2.59 bits per heavy atom. The number of hydrogen-bond acceptors (Lipinski definition) is 6. The number of aliphatic hydroxyl groups is 1. The molecule has 96 valence electrons. The molecular weight excluding hydrogens is 272 g/mol. The van der Waals surface area contributed by atoms with E-state index in [1.165, 1.54) is 6.92 Å². The summed E-state index contributed by atoms with van der Waals surface area (Å²) in [5.41, 5.74) is 0.164. The predicted octanol–water partition coefficient (Wildman–Crippen LogP) is -1.53. The minimum absolute atomic E-state index is 0.164. The molecule has 4 N–H and O–H groups in total. The summed E-state index contributed by atoms with van der Waals surface area (Å²) in [6.45, 7) is 0.739. The number of aryl methyl sites for hydroxylation is 1. The van der Waals surface area contributed by atoms with E-state index in [4.69, 9.17) is 10.2 Å². The molecule has 8 nitrogen and oxygen atoms in total. The zero-order chi connectivity index (χ0) is 13.2. The third-order valence-electron chi connectivity index (χ3n) is 1.78. The second kappa shape index (κ2) is 4.96. The maximum absolute atomic E-state index is 11.6. The number of carbonyl (C=O) groups is 1. The number of aromatic nitrogens is 1. The molecule has 17 heavy (non-hydrogen) atoms. The third-order valence-corrected chi connectivity index (χ3v) is 4.81. The molecule has 1 rings (SSSR count). The number of carboxylic acids is 1. The van der Waals surface area contributed by atoms with E-state index in [-0.39, 0.29) is 9.90 Å². The molecule has 1 atom stereocenters. The lowest BCUT2D eigenvalue weighted by atomic mass is 10.4. The fraction of sp³-hybridized carbons (Fsp3) is 0.429. The largest absolute Gasteiger partial charge is 0.479 e. The van der Waals surface area contributed by atoms with Crippen LogP contribution >= 0.6 is 11.3 Å². The number of H-pyrrole nitrogens is 1. The number of carboxylic acid groups (broad SMARTS) is 1. The Morgan fingerprint density at radius 1 is 1.59 bits per heavy atom. The highest BCUT2D eigenvalue weighted by Crippen LogP contribution is 2.15. The first-order valence-corrected chi connectivity index (χ1v) is 6.64. The molecule has 0 aliphatic carbocycles. The van der Waals surface area contributed by atoms with Crippen LogP contribution in [0, 0.1) is 6.92 Å². The third kappa shape index (κ3) is 3.36. The smallest absolute Gasteiger partial charge is 0.333 e. The summed E-state index contributed by atoms with van der Waals surface area (Å²) in [6.07, 6.45) is -1.83. The minimum atomic E-state index is -3.98. The van der Waals surface area contributed by atoms with Crippen molar-refractivity contribution in [2.75, 3.05) is 6.54 Å². The van der Waals surface area contributed by atoms with E-state index in [0.29, 0.717) is 11.3 Å². The monoisotopic (exact) mass is 282 g/mol. The maximum Gasteiger partial charge on any atom is 0.333 e. The second-order valence-electron chi connectivity index (χ2n) is 3.13. The van der Waals surface area contributed by atoms with Crippen LogP contribution in [-0.2, 0) is 14.8 Å². The number of rotatable bonds is 5. The first-order chi connectivity index (χ1) is 7.74. The van der Waals surface area contributed by atoms with Crippen LogP contribution in [0.25, 0.3) is 0 Å². The molecule has 0 fully saturated rings. The Hall–Kier alpha value is -1.23. The van der Waals surface area contributed by atoms with Crippen molar-refractivity contribution in [2.45, 2.75) is 17.2 Å². The van der Waals surface area contributed by atoms with Gasteiger partial charge in [0.25, 0.3) is 10.0 Å². The van der Waals surface area contributed by atoms with E-state index in [1.54, 1.807) is 0 Å². The zero-order valence-corrected chi connectivity index (χ0v) is 10.3. The summed E-state index contributed by atoms with van der Waals surface area (Å²) in [4.78, 5) is 23.0. The van der Waals surface area contributed by atoms with Gasteiger partial charge in [-0.3, -0.25) is 4.79 Å². The number of aromatic amines is 1. The fourth-order valence-electron chi connectivity index (χ4n) is 0.988. The Kier molecular flexibility index (Phi) is 4.03. The first kappa shape index (κ1) is 13.8. The number of nitrogens with one attached hydrogen (secondary N) is 2. The summed E-state index contributed by atoms with van der Waals surface area (Å²) in [6, 6.07) is 0. The van der Waals surface area contributed by atoms with Gasteiger partial charge in [-0.2, -0.15) is 0 Å². The topological polar surface area (TPSA) is 137 Å². The van der Waals surface area contributed by atoms with Crippen LogP contribution in [0.4, 0.5) is 0 Å². The van der Waals surface area contributed by atoms with Crippen molar-refractivity contribution in [3.05, 3.63) is 15.4 Å². The SMILES string of the molecule is Cc1[nH]c(=O)sc1S(=O)(=O)NC[C@H](O)C(=O)O. The Morgan fingerprint density at radius 2 is 2.18 bits per heavy atom. The Bertz CT molecular complexity index is 571. The van der Waals surface area contributed by atoms with E-state index >= 15 is 0 Å². The van der Waals surface area contributed by atoms with Gasteiger partial charge >= 0.3 is 10.8 Å². The van der Waals surface area contributed by atoms with Crippen LogP contribution in [0.3, 0.4) is 0 Å². The zero-order valence-electron chi connectivity index (χ0n) is 8.63. The highest BCUT2D eigenvalue weighted by Gasteiger charge is 2.23. The van der Waals surface area contributed by atoms with Gasteiger partial charge in [0.15, 0.2) is 10.3 Å². The van der Waals surface area contributed by atoms with Crippen molar-refractivity contribution in [3.63, 3.8) is 0 Å². The van der Waals surface area contributed by atoms with Crippen molar-refractivity contribution in [3.8, 4) is 0 Å². The number of hydrogen-bond donors (Lipinski definition) is 4. The molecule has 1 aromatic heterocycles. The molecule has 0 saturated carbocycles. The first-order valence-electron chi connectivity index (χ1n) is 4.34. The molecule has 0 unspecified atom stereocenters. The number of sulfonamides is 1. The molecular formula is C7H10N2O6S2. The van der Waals surface area contributed by atoms with Gasteiger partial charge in [0.05, 0.1) is 0 Å². The molecule has 0 aliphatic heterocycles. The molecule has 0 bridgehead atoms. The summed E-state index contributed by atoms with van der Waals surface area (Å²) in [5, 5.41) is 17.3. The van der Waals surface area contributed by atoms with Gasteiger partial charge in [-0.05, 0) is 6.92 Å². The lowest BCUT2D eigenvalue weighted by molar-refractivity contribution is -0.146. The van der Waals surface area contributed by atoms with Crippen LogP contribution in [0.1, 0.15) is 5.69 Å². The number of aliphatic carboxylic acids is 1. The van der Waals surface area contributed by atoms with Crippen molar-refractivity contribution < 1.29 is 23.4 Å². The van der Waals surface area contributed by atoms with E-state index < -0.39 is 33.5 Å². The number of thiazole rings is 1. The van der Waals surface area contributed by atoms with Crippen molar-refractivity contribution in [1.82, 2.24) is 9.71 Å². The average molecular weight is 282 g/mol. The van der Waals surface area contributed by atoms with Crippen molar-refractivity contribution in [1.29, 1.82) is 0 Å². The Labute approximate surface area is 100.0 Å². The van der Waals surface area contributed by atoms with Gasteiger partial charge in [0.2, 0.25) is 0 Å². The lowest BCUT2D eigenvalue weighted by Gasteiger charge is -2.07. The predicted molar refractivity (Wildman–Crippen MR) is 58.5 cm³/mol. The quantitative estimate of drug-likeness (QED) is 0.517. The summed E-state index contributed by atoms with van der Waals surface area (Å²) in [5.74, 6) is -1.54. The fourth-order valence-corrected chi connectivity index (χ4v) is 3.37. The minimum Gasteiger partial charge on any atom is -0.479 e. The van der Waals surface area contributed by atoms with Crippen LogP contribution in [0.2, 0.25) is 0 Å². The van der Waals surface area contributed by atoms with Crippen LogP contribution in [0.5, 0.6) is 0 Å².